The first-order valence-electron chi connectivity index (χ1n) is 9.44. The molecule has 30 heavy (non-hydrogen) atoms. The number of fused-ring (bicyclic) bond motifs is 1. The summed E-state index contributed by atoms with van der Waals surface area (Å²) in [5, 5.41) is 3.56. The van der Waals surface area contributed by atoms with Crippen LogP contribution in [0.1, 0.15) is 0 Å². The maximum atomic E-state index is 11.7. The van der Waals surface area contributed by atoms with E-state index >= 15 is 0 Å². The van der Waals surface area contributed by atoms with Crippen LogP contribution in [0.5, 0.6) is 11.5 Å². The number of hydrogen-bond donors (Lipinski definition) is 2. The SMILES string of the molecule is COc1ccc(OC)c(Sc2nc3c(N)ncnc3n2CCN2CCNC(=O)C2)c1. The van der Waals surface area contributed by atoms with Crippen LogP contribution in [0.2, 0.25) is 0 Å². The highest BCUT2D eigenvalue weighted by Crippen LogP contribution is 2.38. The molecule has 3 aromatic rings. The number of nitrogens with two attached hydrogens (primary N) is 1. The molecule has 1 aliphatic heterocycles. The minimum atomic E-state index is 0.0408. The molecule has 0 spiro atoms. The number of amides is 1. The summed E-state index contributed by atoms with van der Waals surface area (Å²) in [7, 11) is 3.25. The Labute approximate surface area is 177 Å². The summed E-state index contributed by atoms with van der Waals surface area (Å²) in [6.07, 6.45) is 1.44. The van der Waals surface area contributed by atoms with E-state index < -0.39 is 0 Å². The maximum Gasteiger partial charge on any atom is 0.234 e. The average Bonchev–Trinajstić information content (AvgIpc) is 3.10. The number of carbonyl (C=O) groups is 1. The Kier molecular flexibility index (Phi) is 5.91. The zero-order valence-electron chi connectivity index (χ0n) is 16.8. The molecule has 0 atom stereocenters. The summed E-state index contributed by atoms with van der Waals surface area (Å²) in [5.41, 5.74) is 7.26. The number of nitrogens with zero attached hydrogens (tertiary/aromatic N) is 5. The van der Waals surface area contributed by atoms with Gasteiger partial charge in [-0.05, 0) is 30.0 Å². The molecule has 0 saturated carbocycles. The van der Waals surface area contributed by atoms with Crippen LogP contribution in [-0.4, -0.2) is 70.7 Å². The average molecular weight is 430 g/mol. The summed E-state index contributed by atoms with van der Waals surface area (Å²) in [5.74, 6) is 1.81. The van der Waals surface area contributed by atoms with Gasteiger partial charge in [-0.2, -0.15) is 0 Å². The van der Waals surface area contributed by atoms with Crippen LogP contribution in [0.4, 0.5) is 5.82 Å². The molecule has 10 nitrogen and oxygen atoms in total. The Morgan fingerprint density at radius 2 is 2.10 bits per heavy atom. The first-order chi connectivity index (χ1) is 14.6. The topological polar surface area (TPSA) is 120 Å². The van der Waals surface area contributed by atoms with Crippen molar-refractivity contribution in [2.45, 2.75) is 16.6 Å². The highest BCUT2D eigenvalue weighted by atomic mass is 32.2. The Morgan fingerprint density at radius 1 is 1.23 bits per heavy atom. The first-order valence-corrected chi connectivity index (χ1v) is 10.3. The van der Waals surface area contributed by atoms with Crippen molar-refractivity contribution in [3.8, 4) is 11.5 Å². The van der Waals surface area contributed by atoms with Gasteiger partial charge in [0.2, 0.25) is 5.91 Å². The molecule has 1 saturated heterocycles. The number of nitrogens with one attached hydrogen (secondary N) is 1. The smallest absolute Gasteiger partial charge is 0.234 e. The molecule has 1 amide bonds. The fourth-order valence-electron chi connectivity index (χ4n) is 3.30. The molecule has 3 N–H and O–H groups in total. The number of anilines is 1. The first kappa shape index (κ1) is 20.2. The highest BCUT2D eigenvalue weighted by molar-refractivity contribution is 7.99. The molecule has 4 rings (SSSR count). The van der Waals surface area contributed by atoms with Gasteiger partial charge in [0.1, 0.15) is 17.8 Å². The minimum Gasteiger partial charge on any atom is -0.497 e. The summed E-state index contributed by atoms with van der Waals surface area (Å²) < 4.78 is 12.9. The number of hydrogen-bond acceptors (Lipinski definition) is 9. The van der Waals surface area contributed by atoms with E-state index in [1.165, 1.54) is 18.1 Å². The molecular weight excluding hydrogens is 406 g/mol. The van der Waals surface area contributed by atoms with Crippen molar-refractivity contribution in [1.29, 1.82) is 0 Å². The molecule has 0 unspecified atom stereocenters. The van der Waals surface area contributed by atoms with Crippen LogP contribution in [0.15, 0.2) is 34.6 Å². The van der Waals surface area contributed by atoms with Gasteiger partial charge in [0.15, 0.2) is 22.1 Å². The number of methoxy groups -OCH3 is 2. The lowest BCUT2D eigenvalue weighted by Gasteiger charge is -2.26. The van der Waals surface area contributed by atoms with Crippen molar-refractivity contribution in [2.24, 2.45) is 0 Å². The number of piperazine rings is 1. The van der Waals surface area contributed by atoms with Crippen molar-refractivity contribution < 1.29 is 14.3 Å². The van der Waals surface area contributed by atoms with Gasteiger partial charge >= 0.3 is 0 Å². The Morgan fingerprint density at radius 3 is 2.87 bits per heavy atom. The van der Waals surface area contributed by atoms with E-state index in [9.17, 15) is 4.79 Å². The van der Waals surface area contributed by atoms with Gasteiger partial charge in [0, 0.05) is 26.2 Å². The molecule has 1 fully saturated rings. The molecule has 0 radical (unpaired) electrons. The number of carbonyl (C=O) groups excluding carboxylic acids is 1. The third-order valence-corrected chi connectivity index (χ3v) is 5.89. The second kappa shape index (κ2) is 8.76. The molecule has 1 aromatic carbocycles. The normalized spacial score (nSPS) is 14.7. The van der Waals surface area contributed by atoms with Crippen LogP contribution in [0.25, 0.3) is 11.2 Å². The zero-order chi connectivity index (χ0) is 21.1. The highest BCUT2D eigenvalue weighted by Gasteiger charge is 2.20. The maximum absolute atomic E-state index is 11.7. The van der Waals surface area contributed by atoms with E-state index in [2.05, 4.69) is 20.2 Å². The van der Waals surface area contributed by atoms with Gasteiger partial charge in [-0.3, -0.25) is 9.69 Å². The van der Waals surface area contributed by atoms with E-state index in [1.807, 2.05) is 22.8 Å². The van der Waals surface area contributed by atoms with E-state index in [4.69, 9.17) is 20.2 Å². The number of nitrogen functional groups attached to an aromatic ring is 1. The van der Waals surface area contributed by atoms with Gasteiger partial charge in [-0.1, -0.05) is 0 Å². The van der Waals surface area contributed by atoms with Gasteiger partial charge in [-0.15, -0.1) is 0 Å². The lowest BCUT2D eigenvalue weighted by Crippen LogP contribution is -2.48. The predicted octanol–water partition coefficient (Wildman–Crippen LogP) is 1.01. The van der Waals surface area contributed by atoms with Crippen molar-refractivity contribution in [3.05, 3.63) is 24.5 Å². The summed E-state index contributed by atoms with van der Waals surface area (Å²) >= 11 is 1.44. The van der Waals surface area contributed by atoms with Crippen LogP contribution >= 0.6 is 11.8 Å². The van der Waals surface area contributed by atoms with Gasteiger partial charge in [0.25, 0.3) is 0 Å². The van der Waals surface area contributed by atoms with E-state index in [0.29, 0.717) is 54.1 Å². The largest absolute Gasteiger partial charge is 0.497 e. The van der Waals surface area contributed by atoms with E-state index in [1.54, 1.807) is 14.2 Å². The van der Waals surface area contributed by atoms with Gasteiger partial charge < -0.3 is 25.1 Å². The lowest BCUT2D eigenvalue weighted by atomic mass is 10.3. The van der Waals surface area contributed by atoms with Crippen LogP contribution in [0, 0.1) is 0 Å². The molecule has 11 heteroatoms. The fourth-order valence-corrected chi connectivity index (χ4v) is 4.35. The second-order valence-electron chi connectivity index (χ2n) is 6.72. The molecule has 1 aliphatic rings. The summed E-state index contributed by atoms with van der Waals surface area (Å²) in [4.78, 5) is 27.8. The summed E-state index contributed by atoms with van der Waals surface area (Å²) in [6, 6.07) is 5.60. The molecule has 3 heterocycles. The minimum absolute atomic E-state index is 0.0408. The van der Waals surface area contributed by atoms with Gasteiger partial charge in [-0.25, -0.2) is 15.0 Å². The third-order valence-electron chi connectivity index (χ3n) is 4.85. The Bertz CT molecular complexity index is 1070. The van der Waals surface area contributed by atoms with Crippen molar-refractivity contribution in [1.82, 2.24) is 29.7 Å². The number of imidazole rings is 1. The Balaban J connectivity index is 1.68. The monoisotopic (exact) mass is 429 g/mol. The summed E-state index contributed by atoms with van der Waals surface area (Å²) in [6.45, 7) is 3.14. The van der Waals surface area contributed by atoms with Crippen molar-refractivity contribution in [2.75, 3.05) is 46.1 Å². The van der Waals surface area contributed by atoms with Crippen LogP contribution in [-0.2, 0) is 11.3 Å². The number of ether oxygens (including phenoxy) is 2. The quantitative estimate of drug-likeness (QED) is 0.567. The lowest BCUT2D eigenvalue weighted by molar-refractivity contribution is -0.124. The fraction of sp³-hybridized carbons (Fsp3) is 0.368. The second-order valence-corrected chi connectivity index (χ2v) is 7.73. The number of benzene rings is 1. The zero-order valence-corrected chi connectivity index (χ0v) is 17.6. The predicted molar refractivity (Wildman–Crippen MR) is 113 cm³/mol. The van der Waals surface area contributed by atoms with Crippen molar-refractivity contribution >= 4 is 34.7 Å². The molecule has 158 valence electrons. The van der Waals surface area contributed by atoms with E-state index in [0.717, 1.165) is 17.2 Å². The molecule has 0 aliphatic carbocycles. The van der Waals surface area contributed by atoms with Crippen LogP contribution < -0.4 is 20.5 Å². The molecular formula is C19H23N7O3S. The van der Waals surface area contributed by atoms with Gasteiger partial charge in [0.05, 0.1) is 25.7 Å². The van der Waals surface area contributed by atoms with E-state index in [-0.39, 0.29) is 5.91 Å². The van der Waals surface area contributed by atoms with Crippen molar-refractivity contribution in [3.63, 3.8) is 0 Å². The number of aromatic nitrogens is 4. The standard InChI is InChI=1S/C19H23N7O3S/c1-28-12-3-4-13(29-2)14(9-12)30-19-24-16-17(20)22-11-23-18(16)26(19)8-7-25-6-5-21-15(27)10-25/h3-4,9,11H,5-8,10H2,1-2H3,(H,21,27)(H2,20,22,23). The third kappa shape index (κ3) is 4.12. The Hall–Kier alpha value is -3.05. The van der Waals surface area contributed by atoms with Crippen LogP contribution in [0.3, 0.4) is 0 Å². The number of rotatable bonds is 7. The molecule has 0 bridgehead atoms. The molecule has 2 aromatic heterocycles.